The summed E-state index contributed by atoms with van der Waals surface area (Å²) in [6.07, 6.45) is 3.36. The quantitative estimate of drug-likeness (QED) is 0.610. The summed E-state index contributed by atoms with van der Waals surface area (Å²) in [5.74, 6) is -0.176. The number of carbonyl (C=O) groups excluding carboxylic acids is 1. The van der Waals surface area contributed by atoms with Gasteiger partial charge in [0.05, 0.1) is 6.20 Å². The number of amides is 1. The average molecular weight is 431 g/mol. The van der Waals surface area contributed by atoms with E-state index in [-0.39, 0.29) is 29.4 Å². The molecule has 156 valence electrons. The van der Waals surface area contributed by atoms with Crippen LogP contribution in [0.3, 0.4) is 0 Å². The van der Waals surface area contributed by atoms with Crippen LogP contribution in [-0.2, 0) is 17.4 Å². The Morgan fingerprint density at radius 3 is 2.67 bits per heavy atom. The van der Waals surface area contributed by atoms with Crippen molar-refractivity contribution in [3.05, 3.63) is 59.9 Å². The van der Waals surface area contributed by atoms with Gasteiger partial charge in [0.2, 0.25) is 0 Å². The van der Waals surface area contributed by atoms with Crippen LogP contribution in [0.25, 0.3) is 22.3 Å². The number of aliphatic hydroxyl groups is 1. The van der Waals surface area contributed by atoms with E-state index in [1.807, 2.05) is 0 Å². The highest BCUT2D eigenvalue weighted by atomic mass is 31.0. The van der Waals surface area contributed by atoms with Crippen molar-refractivity contribution in [3.8, 4) is 28.0 Å². The van der Waals surface area contributed by atoms with Crippen LogP contribution < -0.4 is 10.1 Å². The number of nitrogens with one attached hydrogen (secondary N) is 1. The summed E-state index contributed by atoms with van der Waals surface area (Å²) in [5.41, 5.74) is -3.78. The number of aryl methyl sites for hydroxylation is 1. The fraction of sp³-hybridized carbons (Fsp3) is 0.238. The molecule has 0 saturated carbocycles. The van der Waals surface area contributed by atoms with Gasteiger partial charge in [0, 0.05) is 37.0 Å². The molecule has 0 spiro atoms. The number of benzene rings is 2. The third kappa shape index (κ3) is 3.07. The highest BCUT2D eigenvalue weighted by Gasteiger charge is 2.57. The van der Waals surface area contributed by atoms with E-state index in [0.717, 1.165) is 0 Å². The minimum absolute atomic E-state index is 0.0111. The van der Waals surface area contributed by atoms with Crippen molar-refractivity contribution in [2.24, 2.45) is 7.05 Å². The summed E-state index contributed by atoms with van der Waals surface area (Å²) in [6.45, 7) is -0.287. The molecule has 0 bridgehead atoms. The number of likely N-dealkylation sites (N-methyl/N-ethyl adjacent to an activating group) is 1. The second-order valence-corrected chi connectivity index (χ2v) is 7.86. The topological polar surface area (TPSA) is 76.4 Å². The molecule has 0 fully saturated rings. The molecule has 6 nitrogen and oxygen atoms in total. The van der Waals surface area contributed by atoms with Crippen LogP contribution in [0.1, 0.15) is 11.1 Å². The maximum absolute atomic E-state index is 14.8. The van der Waals surface area contributed by atoms with E-state index in [0.29, 0.717) is 22.3 Å². The number of carbonyl (C=O) groups is 1. The predicted molar refractivity (Wildman–Crippen MR) is 111 cm³/mol. The molecular weight excluding hydrogens is 411 g/mol. The molecule has 2 aromatic carbocycles. The summed E-state index contributed by atoms with van der Waals surface area (Å²) in [5, 5.41) is 17.9. The van der Waals surface area contributed by atoms with E-state index >= 15 is 0 Å². The lowest BCUT2D eigenvalue weighted by molar-refractivity contribution is -0.122. The van der Waals surface area contributed by atoms with Crippen molar-refractivity contribution in [1.29, 1.82) is 0 Å². The van der Waals surface area contributed by atoms with Gasteiger partial charge < -0.3 is 15.2 Å². The highest BCUT2D eigenvalue weighted by Crippen LogP contribution is 2.59. The first-order chi connectivity index (χ1) is 14.2. The van der Waals surface area contributed by atoms with Crippen LogP contribution in [0.15, 0.2) is 48.8 Å². The maximum atomic E-state index is 14.8. The number of fused-ring (bicyclic) bond motifs is 3. The molecule has 2 N–H and O–H groups in total. The minimum atomic E-state index is -3.56. The number of rotatable bonds is 5. The van der Waals surface area contributed by atoms with Crippen LogP contribution in [0, 0.1) is 0 Å². The maximum Gasteiger partial charge on any atom is 0.295 e. The lowest BCUT2D eigenvalue weighted by atomic mass is 9.90. The molecule has 2 atom stereocenters. The molecule has 1 amide bonds. The van der Waals surface area contributed by atoms with Crippen molar-refractivity contribution >= 4 is 15.1 Å². The van der Waals surface area contributed by atoms with Gasteiger partial charge in [-0.3, -0.25) is 9.48 Å². The van der Waals surface area contributed by atoms with Crippen LogP contribution in [0.5, 0.6) is 5.75 Å². The number of hydrogen-bond acceptors (Lipinski definition) is 4. The Morgan fingerprint density at radius 2 is 2.03 bits per heavy atom. The number of nitrogens with zero attached hydrogens (tertiary/aromatic N) is 2. The van der Waals surface area contributed by atoms with Gasteiger partial charge >= 0.3 is 0 Å². The van der Waals surface area contributed by atoms with Crippen molar-refractivity contribution < 1.29 is 23.4 Å². The van der Waals surface area contributed by atoms with Gasteiger partial charge in [-0.1, -0.05) is 33.5 Å². The van der Waals surface area contributed by atoms with Crippen molar-refractivity contribution in [2.45, 2.75) is 11.3 Å². The third-order valence-corrected chi connectivity index (χ3v) is 5.65. The van der Waals surface area contributed by atoms with Gasteiger partial charge in [0.15, 0.2) is 12.2 Å². The van der Waals surface area contributed by atoms with Gasteiger partial charge in [-0.2, -0.15) is 13.9 Å². The lowest BCUT2D eigenvalue weighted by Gasteiger charge is -2.32. The van der Waals surface area contributed by atoms with E-state index in [2.05, 4.69) is 10.4 Å². The molecule has 4 rings (SSSR count). The number of alkyl halides is 2. The zero-order valence-electron chi connectivity index (χ0n) is 16.3. The van der Waals surface area contributed by atoms with Gasteiger partial charge in [0.25, 0.3) is 11.6 Å². The fourth-order valence-electron chi connectivity index (χ4n) is 3.80. The smallest absolute Gasteiger partial charge is 0.295 e. The van der Waals surface area contributed by atoms with Crippen LogP contribution >= 0.6 is 9.24 Å². The Bertz CT molecular complexity index is 1140. The first kappa shape index (κ1) is 20.4. The summed E-state index contributed by atoms with van der Waals surface area (Å²) in [6, 6.07) is 9.58. The number of hydrogen-bond donors (Lipinski definition) is 2. The Balaban J connectivity index is 2.00. The first-order valence-electron chi connectivity index (χ1n) is 9.16. The summed E-state index contributed by atoms with van der Waals surface area (Å²) < 4.78 is 36.7. The largest absolute Gasteiger partial charge is 0.484 e. The van der Waals surface area contributed by atoms with E-state index in [4.69, 9.17) is 4.74 Å². The molecule has 2 unspecified atom stereocenters. The van der Waals surface area contributed by atoms with Crippen LogP contribution in [0.2, 0.25) is 0 Å². The highest BCUT2D eigenvalue weighted by molar-refractivity contribution is 7.18. The minimum Gasteiger partial charge on any atom is -0.484 e. The molecule has 1 aliphatic carbocycles. The number of aromatic nitrogens is 2. The van der Waals surface area contributed by atoms with E-state index in [1.54, 1.807) is 48.4 Å². The normalized spacial score (nSPS) is 17.4. The van der Waals surface area contributed by atoms with Crippen molar-refractivity contribution in [3.63, 3.8) is 0 Å². The van der Waals surface area contributed by atoms with Crippen LogP contribution in [0.4, 0.5) is 8.78 Å². The Labute approximate surface area is 174 Å². The van der Waals surface area contributed by atoms with Crippen LogP contribution in [-0.4, -0.2) is 40.1 Å². The molecule has 1 aromatic heterocycles. The van der Waals surface area contributed by atoms with E-state index in [9.17, 15) is 18.7 Å². The van der Waals surface area contributed by atoms with Gasteiger partial charge in [-0.05, 0) is 28.8 Å². The molecule has 1 heterocycles. The number of ether oxygens (including phenoxy) is 1. The zero-order chi connectivity index (χ0) is 21.7. The van der Waals surface area contributed by atoms with Crippen molar-refractivity contribution in [2.75, 3.05) is 13.7 Å². The molecule has 0 saturated heterocycles. The molecular formula is C21H20F2N3O3P. The summed E-state index contributed by atoms with van der Waals surface area (Å²) in [7, 11) is 4.66. The van der Waals surface area contributed by atoms with Crippen molar-refractivity contribution in [1.82, 2.24) is 15.1 Å². The predicted octanol–water partition coefficient (Wildman–Crippen LogP) is 2.90. The van der Waals surface area contributed by atoms with E-state index in [1.165, 1.54) is 28.4 Å². The Kier molecular flexibility index (Phi) is 4.87. The second kappa shape index (κ2) is 7.15. The van der Waals surface area contributed by atoms with E-state index < -0.39 is 11.3 Å². The average Bonchev–Trinajstić information content (AvgIpc) is 3.26. The van der Waals surface area contributed by atoms with Gasteiger partial charge in [-0.15, -0.1) is 0 Å². The SMILES string of the molecule is CNC(=O)COc1cc(-c2cnn(C)c2)c2c(c1)C(O)(C(F)(F)P)c1ccccc1-2. The fourth-order valence-corrected chi connectivity index (χ4v) is 4.12. The Morgan fingerprint density at radius 1 is 1.30 bits per heavy atom. The third-order valence-electron chi connectivity index (χ3n) is 5.23. The number of halogens is 2. The zero-order valence-corrected chi connectivity index (χ0v) is 17.5. The summed E-state index contributed by atoms with van der Waals surface area (Å²) in [4.78, 5) is 11.6. The molecule has 1 aliphatic rings. The standard InChI is InChI=1S/C21H20F2N3O3P/c1-24-18(27)11-29-13-7-15(12-9-25-26(2)10-12)19-14-5-3-4-6-16(14)20(28,17(19)8-13)21(22,23)30/h3-10,28H,11,30H2,1-2H3,(H,24,27). The molecule has 30 heavy (non-hydrogen) atoms. The molecule has 3 aromatic rings. The molecule has 0 radical (unpaired) electrons. The van der Waals surface area contributed by atoms with Gasteiger partial charge in [-0.25, -0.2) is 0 Å². The summed E-state index contributed by atoms with van der Waals surface area (Å²) >= 11 is 0. The lowest BCUT2D eigenvalue weighted by Crippen LogP contribution is -2.40. The molecule has 0 aliphatic heterocycles. The monoisotopic (exact) mass is 431 g/mol. The molecule has 9 heteroatoms. The Hall–Kier alpha value is -2.83. The second-order valence-electron chi connectivity index (χ2n) is 7.14. The van der Waals surface area contributed by atoms with Gasteiger partial charge in [0.1, 0.15) is 5.75 Å². The first-order valence-corrected chi connectivity index (χ1v) is 9.74.